The Kier molecular flexibility index (Phi) is 4.17. The Morgan fingerprint density at radius 3 is 2.75 bits per heavy atom. The standard InChI is InChI=1S/C13H24N2S/c1-9(2)6-12-8-16-13(15-12)14-7-10(3)11-4-5-11/h9-12H,4-8H2,1-3H3,(H,14,15). The second-order valence-electron chi connectivity index (χ2n) is 5.74. The minimum absolute atomic E-state index is 0.653. The van der Waals surface area contributed by atoms with Gasteiger partial charge in [-0.1, -0.05) is 32.5 Å². The highest BCUT2D eigenvalue weighted by Gasteiger charge is 2.28. The van der Waals surface area contributed by atoms with Crippen LogP contribution in [0.2, 0.25) is 0 Å². The molecule has 1 saturated heterocycles. The van der Waals surface area contributed by atoms with E-state index in [2.05, 4.69) is 26.1 Å². The van der Waals surface area contributed by atoms with Crippen molar-refractivity contribution >= 4 is 16.9 Å². The first-order valence-corrected chi connectivity index (χ1v) is 7.57. The molecule has 2 nitrogen and oxygen atoms in total. The number of aliphatic imine (C=N–C) groups is 1. The van der Waals surface area contributed by atoms with Gasteiger partial charge in [0.25, 0.3) is 0 Å². The molecular weight excluding hydrogens is 216 g/mol. The Labute approximate surface area is 104 Å². The lowest BCUT2D eigenvalue weighted by atomic mass is 10.1. The number of nitrogens with zero attached hydrogens (tertiary/aromatic N) is 1. The lowest BCUT2D eigenvalue weighted by Crippen LogP contribution is -2.28. The first-order chi connectivity index (χ1) is 7.65. The fourth-order valence-electron chi connectivity index (χ4n) is 2.27. The molecule has 0 aromatic heterocycles. The monoisotopic (exact) mass is 240 g/mol. The summed E-state index contributed by atoms with van der Waals surface area (Å²) < 4.78 is 0. The van der Waals surface area contributed by atoms with Gasteiger partial charge in [-0.15, -0.1) is 0 Å². The maximum absolute atomic E-state index is 4.71. The van der Waals surface area contributed by atoms with E-state index in [1.165, 1.54) is 30.2 Å². The Morgan fingerprint density at radius 1 is 1.38 bits per heavy atom. The minimum atomic E-state index is 0.653. The number of hydrogen-bond acceptors (Lipinski definition) is 2. The van der Waals surface area contributed by atoms with Crippen LogP contribution in [0.4, 0.5) is 0 Å². The minimum Gasteiger partial charge on any atom is -0.361 e. The average Bonchev–Trinajstić information content (AvgIpc) is 2.97. The van der Waals surface area contributed by atoms with Crippen LogP contribution in [0.5, 0.6) is 0 Å². The van der Waals surface area contributed by atoms with Crippen molar-refractivity contribution in [2.75, 3.05) is 12.3 Å². The van der Waals surface area contributed by atoms with E-state index in [-0.39, 0.29) is 0 Å². The van der Waals surface area contributed by atoms with Gasteiger partial charge in [0.15, 0.2) is 5.17 Å². The van der Waals surface area contributed by atoms with Crippen molar-refractivity contribution in [2.45, 2.75) is 46.1 Å². The summed E-state index contributed by atoms with van der Waals surface area (Å²) in [5.41, 5.74) is 0. The third-order valence-corrected chi connectivity index (χ3v) is 4.54. The van der Waals surface area contributed by atoms with E-state index >= 15 is 0 Å². The largest absolute Gasteiger partial charge is 0.361 e. The van der Waals surface area contributed by atoms with Gasteiger partial charge in [-0.25, -0.2) is 0 Å². The van der Waals surface area contributed by atoms with Gasteiger partial charge in [-0.05, 0) is 37.0 Å². The van der Waals surface area contributed by atoms with E-state index in [1.807, 2.05) is 11.8 Å². The predicted octanol–water partition coefficient (Wildman–Crippen LogP) is 3.14. The number of nitrogens with one attached hydrogen (secondary N) is 1. The quantitative estimate of drug-likeness (QED) is 0.798. The SMILES string of the molecule is CC(C)CC1CSC(=NCC(C)C2CC2)N1. The van der Waals surface area contributed by atoms with Crippen molar-refractivity contribution in [2.24, 2.45) is 22.7 Å². The molecule has 1 aliphatic carbocycles. The second kappa shape index (κ2) is 5.44. The third kappa shape index (κ3) is 3.69. The van der Waals surface area contributed by atoms with Gasteiger partial charge in [0.1, 0.15) is 0 Å². The molecule has 2 atom stereocenters. The smallest absolute Gasteiger partial charge is 0.156 e. The molecule has 1 heterocycles. The molecule has 0 aromatic rings. The van der Waals surface area contributed by atoms with Crippen molar-refractivity contribution in [3.05, 3.63) is 0 Å². The molecule has 0 radical (unpaired) electrons. The summed E-state index contributed by atoms with van der Waals surface area (Å²) in [6.07, 6.45) is 4.13. The zero-order chi connectivity index (χ0) is 11.5. The molecule has 2 aliphatic rings. The van der Waals surface area contributed by atoms with Crippen LogP contribution in [0.1, 0.15) is 40.0 Å². The highest BCUT2D eigenvalue weighted by molar-refractivity contribution is 8.14. The summed E-state index contributed by atoms with van der Waals surface area (Å²) in [7, 11) is 0. The number of rotatable bonds is 5. The molecule has 1 N–H and O–H groups in total. The van der Waals surface area contributed by atoms with Gasteiger partial charge >= 0.3 is 0 Å². The second-order valence-corrected chi connectivity index (χ2v) is 6.75. The molecule has 1 aliphatic heterocycles. The average molecular weight is 240 g/mol. The highest BCUT2D eigenvalue weighted by Crippen LogP contribution is 2.36. The zero-order valence-electron chi connectivity index (χ0n) is 10.7. The van der Waals surface area contributed by atoms with Gasteiger partial charge in [0, 0.05) is 18.3 Å². The normalized spacial score (nSPS) is 29.8. The Hall–Kier alpha value is -0.180. The summed E-state index contributed by atoms with van der Waals surface area (Å²) in [4.78, 5) is 4.71. The van der Waals surface area contributed by atoms with Crippen molar-refractivity contribution in [1.82, 2.24) is 5.32 Å². The van der Waals surface area contributed by atoms with E-state index in [4.69, 9.17) is 4.99 Å². The van der Waals surface area contributed by atoms with Crippen LogP contribution in [0.15, 0.2) is 4.99 Å². The number of hydrogen-bond donors (Lipinski definition) is 1. The number of amidine groups is 1. The van der Waals surface area contributed by atoms with Gasteiger partial charge < -0.3 is 5.32 Å². The summed E-state index contributed by atoms with van der Waals surface area (Å²) in [5.74, 6) is 3.75. The van der Waals surface area contributed by atoms with Crippen molar-refractivity contribution in [3.8, 4) is 0 Å². The first kappa shape index (κ1) is 12.3. The van der Waals surface area contributed by atoms with E-state index < -0.39 is 0 Å². The third-order valence-electron chi connectivity index (χ3n) is 3.45. The van der Waals surface area contributed by atoms with Gasteiger partial charge in [-0.3, -0.25) is 4.99 Å². The van der Waals surface area contributed by atoms with Crippen LogP contribution < -0.4 is 5.32 Å². The lowest BCUT2D eigenvalue weighted by molar-refractivity contribution is 0.499. The maximum atomic E-state index is 4.71. The molecule has 0 aromatic carbocycles. The highest BCUT2D eigenvalue weighted by atomic mass is 32.2. The van der Waals surface area contributed by atoms with Crippen LogP contribution in [0.25, 0.3) is 0 Å². The molecule has 3 heteroatoms. The van der Waals surface area contributed by atoms with E-state index in [1.54, 1.807) is 0 Å². The van der Waals surface area contributed by atoms with Crippen molar-refractivity contribution < 1.29 is 0 Å². The van der Waals surface area contributed by atoms with Crippen molar-refractivity contribution in [1.29, 1.82) is 0 Å². The Bertz CT molecular complexity index is 259. The molecule has 0 bridgehead atoms. The van der Waals surface area contributed by atoms with Crippen molar-refractivity contribution in [3.63, 3.8) is 0 Å². The first-order valence-electron chi connectivity index (χ1n) is 6.59. The Balaban J connectivity index is 1.72. The maximum Gasteiger partial charge on any atom is 0.156 e. The molecule has 2 unspecified atom stereocenters. The fraction of sp³-hybridized carbons (Fsp3) is 0.923. The summed E-state index contributed by atoms with van der Waals surface area (Å²) in [6, 6.07) is 0.653. The van der Waals surface area contributed by atoms with Crippen LogP contribution in [-0.2, 0) is 0 Å². The summed E-state index contributed by atoms with van der Waals surface area (Å²) >= 11 is 1.91. The van der Waals surface area contributed by atoms with E-state index in [9.17, 15) is 0 Å². The molecule has 1 saturated carbocycles. The van der Waals surface area contributed by atoms with Crippen LogP contribution in [-0.4, -0.2) is 23.5 Å². The summed E-state index contributed by atoms with van der Waals surface area (Å²) in [6.45, 7) is 7.94. The molecule has 0 amide bonds. The molecule has 2 rings (SSSR count). The fourth-order valence-corrected chi connectivity index (χ4v) is 3.26. The van der Waals surface area contributed by atoms with Gasteiger partial charge in [0.2, 0.25) is 0 Å². The van der Waals surface area contributed by atoms with Crippen LogP contribution in [0.3, 0.4) is 0 Å². The van der Waals surface area contributed by atoms with Crippen LogP contribution >= 0.6 is 11.8 Å². The predicted molar refractivity (Wildman–Crippen MR) is 73.0 cm³/mol. The van der Waals surface area contributed by atoms with Gasteiger partial charge in [0.05, 0.1) is 0 Å². The lowest BCUT2D eigenvalue weighted by Gasteiger charge is -2.12. The zero-order valence-corrected chi connectivity index (χ0v) is 11.5. The van der Waals surface area contributed by atoms with E-state index in [0.29, 0.717) is 6.04 Å². The molecule has 92 valence electrons. The van der Waals surface area contributed by atoms with Gasteiger partial charge in [-0.2, -0.15) is 0 Å². The van der Waals surface area contributed by atoms with Crippen LogP contribution in [0, 0.1) is 17.8 Å². The topological polar surface area (TPSA) is 24.4 Å². The molecule has 2 fully saturated rings. The van der Waals surface area contributed by atoms with E-state index in [0.717, 1.165) is 24.3 Å². The molecule has 0 spiro atoms. The summed E-state index contributed by atoms with van der Waals surface area (Å²) in [5, 5.41) is 4.74. The number of thioether (sulfide) groups is 1. The molecular formula is C13H24N2S. The Morgan fingerprint density at radius 2 is 2.12 bits per heavy atom. The molecule has 16 heavy (non-hydrogen) atoms.